The van der Waals surface area contributed by atoms with Crippen molar-refractivity contribution in [2.45, 2.75) is 13.0 Å². The zero-order valence-electron chi connectivity index (χ0n) is 10.9. The van der Waals surface area contributed by atoms with Crippen molar-refractivity contribution in [1.29, 1.82) is 0 Å². The number of rotatable bonds is 4. The van der Waals surface area contributed by atoms with E-state index in [2.05, 4.69) is 5.16 Å². The van der Waals surface area contributed by atoms with Crippen LogP contribution in [-0.4, -0.2) is 43.3 Å². The second-order valence-electron chi connectivity index (χ2n) is 4.21. The van der Waals surface area contributed by atoms with Crippen molar-refractivity contribution in [2.75, 3.05) is 25.2 Å². The molecule has 1 saturated heterocycles. The fourth-order valence-electron chi connectivity index (χ4n) is 1.90. The Morgan fingerprint density at radius 3 is 2.74 bits per heavy atom. The Hall–Kier alpha value is -2.08. The van der Waals surface area contributed by atoms with Gasteiger partial charge in [0.15, 0.2) is 0 Å². The van der Waals surface area contributed by atoms with E-state index in [0.29, 0.717) is 6.54 Å². The predicted molar refractivity (Wildman–Crippen MR) is 70.4 cm³/mol. The quantitative estimate of drug-likeness (QED) is 0.658. The summed E-state index contributed by atoms with van der Waals surface area (Å²) in [6.45, 7) is 2.03. The van der Waals surface area contributed by atoms with Gasteiger partial charge in [-0.15, -0.1) is 0 Å². The van der Waals surface area contributed by atoms with Gasteiger partial charge in [0.2, 0.25) is 0 Å². The highest BCUT2D eigenvalue weighted by atomic mass is 16.6. The van der Waals surface area contributed by atoms with E-state index in [1.807, 2.05) is 31.2 Å². The van der Waals surface area contributed by atoms with Crippen molar-refractivity contribution in [1.82, 2.24) is 0 Å². The first-order chi connectivity index (χ1) is 9.15. The zero-order chi connectivity index (χ0) is 13.8. The maximum Gasteiger partial charge on any atom is 0.414 e. The summed E-state index contributed by atoms with van der Waals surface area (Å²) in [5.74, 6) is 0. The molecule has 1 fully saturated rings. The second kappa shape index (κ2) is 5.71. The third-order valence-electron chi connectivity index (χ3n) is 2.90. The van der Waals surface area contributed by atoms with E-state index >= 15 is 0 Å². The maximum atomic E-state index is 11.6. The summed E-state index contributed by atoms with van der Waals surface area (Å²) >= 11 is 0. The number of anilines is 1. The van der Waals surface area contributed by atoms with Gasteiger partial charge in [-0.25, -0.2) is 4.79 Å². The van der Waals surface area contributed by atoms with Crippen molar-refractivity contribution in [3.8, 4) is 0 Å². The van der Waals surface area contributed by atoms with Gasteiger partial charge in [0.1, 0.15) is 13.2 Å². The van der Waals surface area contributed by atoms with Crippen molar-refractivity contribution >= 4 is 17.5 Å². The van der Waals surface area contributed by atoms with Crippen LogP contribution in [0.3, 0.4) is 0 Å². The van der Waals surface area contributed by atoms with Crippen LogP contribution in [0.2, 0.25) is 0 Å². The number of oxime groups is 1. The van der Waals surface area contributed by atoms with Crippen LogP contribution in [0.25, 0.3) is 0 Å². The minimum Gasteiger partial charge on any atom is -0.441 e. The summed E-state index contributed by atoms with van der Waals surface area (Å²) in [7, 11) is 1.49. The molecular weight excluding hydrogens is 248 g/mol. The number of hydrogen-bond donors (Lipinski definition) is 1. The summed E-state index contributed by atoms with van der Waals surface area (Å²) < 4.78 is 4.99. The molecule has 1 aromatic rings. The second-order valence-corrected chi connectivity index (χ2v) is 4.21. The SMILES string of the molecule is CO/N=C(\C)c1ccc(N2CC(CO)OC2=O)cc1. The van der Waals surface area contributed by atoms with E-state index in [0.717, 1.165) is 17.0 Å². The molecular formula is C13H16N2O4. The Morgan fingerprint density at radius 2 is 2.21 bits per heavy atom. The molecule has 0 radical (unpaired) electrons. The molecule has 6 nitrogen and oxygen atoms in total. The number of carbonyl (C=O) groups excluding carboxylic acids is 1. The first-order valence-corrected chi connectivity index (χ1v) is 5.93. The minimum absolute atomic E-state index is 0.167. The van der Waals surface area contributed by atoms with E-state index in [-0.39, 0.29) is 6.61 Å². The van der Waals surface area contributed by atoms with Crippen LogP contribution >= 0.6 is 0 Å². The molecule has 0 aromatic heterocycles. The van der Waals surface area contributed by atoms with E-state index < -0.39 is 12.2 Å². The number of ether oxygens (including phenoxy) is 1. The third-order valence-corrected chi connectivity index (χ3v) is 2.90. The normalized spacial score (nSPS) is 19.5. The lowest BCUT2D eigenvalue weighted by Gasteiger charge is -2.13. The zero-order valence-corrected chi connectivity index (χ0v) is 10.9. The average molecular weight is 264 g/mol. The van der Waals surface area contributed by atoms with Gasteiger partial charge >= 0.3 is 6.09 Å². The molecule has 0 bridgehead atoms. The topological polar surface area (TPSA) is 71.4 Å². The average Bonchev–Trinajstić information content (AvgIpc) is 2.80. The van der Waals surface area contributed by atoms with Gasteiger partial charge in [-0.2, -0.15) is 0 Å². The Labute approximate surface area is 111 Å². The first kappa shape index (κ1) is 13.4. The fourth-order valence-corrected chi connectivity index (χ4v) is 1.90. The molecule has 1 heterocycles. The summed E-state index contributed by atoms with van der Waals surface area (Å²) in [5, 5.41) is 12.8. The van der Waals surface area contributed by atoms with Crippen molar-refractivity contribution in [3.05, 3.63) is 29.8 Å². The monoisotopic (exact) mass is 264 g/mol. The number of amides is 1. The largest absolute Gasteiger partial charge is 0.441 e. The van der Waals surface area contributed by atoms with Crippen LogP contribution in [0, 0.1) is 0 Å². The number of carbonyl (C=O) groups is 1. The first-order valence-electron chi connectivity index (χ1n) is 5.93. The molecule has 102 valence electrons. The molecule has 6 heteroatoms. The summed E-state index contributed by atoms with van der Waals surface area (Å²) in [5.41, 5.74) is 2.40. The lowest BCUT2D eigenvalue weighted by Crippen LogP contribution is -2.25. The predicted octanol–water partition coefficient (Wildman–Crippen LogP) is 1.37. The maximum absolute atomic E-state index is 11.6. The molecule has 1 unspecified atom stereocenters. The molecule has 1 amide bonds. The van der Waals surface area contributed by atoms with Gasteiger partial charge in [-0.1, -0.05) is 17.3 Å². The molecule has 1 aliphatic rings. The number of cyclic esters (lactones) is 1. The highest BCUT2D eigenvalue weighted by Crippen LogP contribution is 2.22. The smallest absolute Gasteiger partial charge is 0.414 e. The van der Waals surface area contributed by atoms with Gasteiger partial charge < -0.3 is 14.7 Å². The summed E-state index contributed by atoms with van der Waals surface area (Å²) in [4.78, 5) is 17.8. The molecule has 0 aliphatic carbocycles. The van der Waals surface area contributed by atoms with Gasteiger partial charge in [0.25, 0.3) is 0 Å². The Balaban J connectivity index is 2.15. The van der Waals surface area contributed by atoms with Crippen LogP contribution < -0.4 is 4.90 Å². The van der Waals surface area contributed by atoms with Crippen molar-refractivity contribution in [2.24, 2.45) is 5.16 Å². The Bertz CT molecular complexity index is 484. The summed E-state index contributed by atoms with van der Waals surface area (Å²) in [6.07, 6.45) is -0.891. The van der Waals surface area contributed by atoms with E-state index in [9.17, 15) is 4.79 Å². The van der Waals surface area contributed by atoms with E-state index in [1.54, 1.807) is 0 Å². The van der Waals surface area contributed by atoms with Gasteiger partial charge in [-0.3, -0.25) is 4.90 Å². The minimum atomic E-state index is -0.455. The van der Waals surface area contributed by atoms with Gasteiger partial charge in [0, 0.05) is 5.69 Å². The number of aliphatic hydroxyl groups is 1. The van der Waals surface area contributed by atoms with Crippen LogP contribution in [0.15, 0.2) is 29.4 Å². The van der Waals surface area contributed by atoms with Gasteiger partial charge in [-0.05, 0) is 24.6 Å². The molecule has 19 heavy (non-hydrogen) atoms. The van der Waals surface area contributed by atoms with Crippen LogP contribution in [0.1, 0.15) is 12.5 Å². The number of nitrogens with zero attached hydrogens (tertiary/aromatic N) is 2. The molecule has 1 aliphatic heterocycles. The van der Waals surface area contributed by atoms with Crippen LogP contribution in [0.5, 0.6) is 0 Å². The van der Waals surface area contributed by atoms with Gasteiger partial charge in [0.05, 0.1) is 18.9 Å². The molecule has 2 rings (SSSR count). The lowest BCUT2D eigenvalue weighted by atomic mass is 10.1. The van der Waals surface area contributed by atoms with Crippen molar-refractivity contribution < 1.29 is 19.5 Å². The Morgan fingerprint density at radius 1 is 1.53 bits per heavy atom. The van der Waals surface area contributed by atoms with Crippen LogP contribution in [-0.2, 0) is 9.57 Å². The molecule has 1 N–H and O–H groups in total. The Kier molecular flexibility index (Phi) is 4.01. The third kappa shape index (κ3) is 2.85. The molecule has 1 atom stereocenters. The van der Waals surface area contributed by atoms with Crippen LogP contribution in [0.4, 0.5) is 10.5 Å². The number of aliphatic hydroxyl groups excluding tert-OH is 1. The summed E-state index contributed by atoms with van der Waals surface area (Å²) in [6, 6.07) is 7.33. The molecule has 1 aromatic carbocycles. The highest BCUT2D eigenvalue weighted by Gasteiger charge is 2.31. The van der Waals surface area contributed by atoms with E-state index in [1.165, 1.54) is 12.0 Å². The fraction of sp³-hybridized carbons (Fsp3) is 0.385. The lowest BCUT2D eigenvalue weighted by molar-refractivity contribution is 0.0963. The molecule has 0 spiro atoms. The number of benzene rings is 1. The van der Waals surface area contributed by atoms with Crippen molar-refractivity contribution in [3.63, 3.8) is 0 Å². The van der Waals surface area contributed by atoms with E-state index in [4.69, 9.17) is 14.7 Å². The standard InChI is InChI=1S/C13H16N2O4/c1-9(14-18-2)10-3-5-11(6-4-10)15-7-12(8-16)19-13(15)17/h3-6,12,16H,7-8H2,1-2H3/b14-9+. The number of hydrogen-bond acceptors (Lipinski definition) is 5. The highest BCUT2D eigenvalue weighted by molar-refractivity contribution is 5.99. The molecule has 0 saturated carbocycles.